The predicted octanol–water partition coefficient (Wildman–Crippen LogP) is 1.38. The smallest absolute Gasteiger partial charge is 0.303 e. The number of urea groups is 1. The largest absolute Gasteiger partial charge is 0.327 e. The molecule has 2 unspecified atom stereocenters. The van der Waals surface area contributed by atoms with Crippen molar-refractivity contribution in [2.75, 3.05) is 26.3 Å². The quantitative estimate of drug-likeness (QED) is 0.779. The van der Waals surface area contributed by atoms with Crippen LogP contribution in [0.2, 0.25) is 0 Å². The van der Waals surface area contributed by atoms with Gasteiger partial charge in [-0.25, -0.2) is 4.79 Å². The van der Waals surface area contributed by atoms with E-state index in [1.54, 1.807) is 0 Å². The van der Waals surface area contributed by atoms with Crippen LogP contribution in [0.25, 0.3) is 0 Å². The molecule has 0 bridgehead atoms. The van der Waals surface area contributed by atoms with Crippen molar-refractivity contribution < 1.29 is 4.79 Å². The Kier molecular flexibility index (Phi) is 3.50. The standard InChI is InChI=1S/C14H23N5O/c1-4-6-17-9-15-11-12-16-10(3)8-19(12)14(20)18(7-5-2)13(11)17/h10,13H,4-9H2,1-3H3. The lowest BCUT2D eigenvalue weighted by Crippen LogP contribution is -2.64. The number of carbonyl (C=O) groups excluding carboxylic acids is 1. The molecule has 1 saturated heterocycles. The van der Waals surface area contributed by atoms with Crippen LogP contribution in [0.1, 0.15) is 33.6 Å². The van der Waals surface area contributed by atoms with Crippen molar-refractivity contribution in [3.63, 3.8) is 0 Å². The number of hydrogen-bond donors (Lipinski definition) is 0. The van der Waals surface area contributed by atoms with Crippen LogP contribution >= 0.6 is 0 Å². The molecule has 3 rings (SSSR count). The molecular formula is C14H23N5O. The van der Waals surface area contributed by atoms with Gasteiger partial charge < -0.3 is 4.90 Å². The summed E-state index contributed by atoms with van der Waals surface area (Å²) in [7, 11) is 0. The summed E-state index contributed by atoms with van der Waals surface area (Å²) < 4.78 is 0. The number of aliphatic imine (C=N–C) groups is 2. The summed E-state index contributed by atoms with van der Waals surface area (Å²) in [6.45, 7) is 9.44. The molecular weight excluding hydrogens is 254 g/mol. The summed E-state index contributed by atoms with van der Waals surface area (Å²) >= 11 is 0. The summed E-state index contributed by atoms with van der Waals surface area (Å²) in [5.41, 5.74) is 0.996. The van der Waals surface area contributed by atoms with Crippen molar-refractivity contribution in [3.05, 3.63) is 0 Å². The van der Waals surface area contributed by atoms with Crippen molar-refractivity contribution in [2.45, 2.75) is 45.8 Å². The number of nitrogens with zero attached hydrogens (tertiary/aromatic N) is 5. The highest BCUT2D eigenvalue weighted by molar-refractivity contribution is 6.47. The van der Waals surface area contributed by atoms with Crippen LogP contribution in [-0.2, 0) is 0 Å². The maximum atomic E-state index is 12.7. The average molecular weight is 277 g/mol. The highest BCUT2D eigenvalue weighted by Gasteiger charge is 2.48. The third-order valence-electron chi connectivity index (χ3n) is 4.03. The topological polar surface area (TPSA) is 51.5 Å². The minimum Gasteiger partial charge on any atom is -0.303 e. The summed E-state index contributed by atoms with van der Waals surface area (Å²) in [6, 6.07) is 0.279. The van der Waals surface area contributed by atoms with Gasteiger partial charge >= 0.3 is 6.03 Å². The van der Waals surface area contributed by atoms with E-state index in [2.05, 4.69) is 35.7 Å². The van der Waals surface area contributed by atoms with Crippen LogP contribution in [0.15, 0.2) is 9.98 Å². The van der Waals surface area contributed by atoms with E-state index in [-0.39, 0.29) is 18.2 Å². The van der Waals surface area contributed by atoms with E-state index < -0.39 is 0 Å². The number of rotatable bonds is 4. The van der Waals surface area contributed by atoms with E-state index in [9.17, 15) is 4.79 Å². The van der Waals surface area contributed by atoms with Crippen molar-refractivity contribution in [2.24, 2.45) is 9.98 Å². The second-order valence-electron chi connectivity index (χ2n) is 5.76. The monoisotopic (exact) mass is 277 g/mol. The molecule has 0 aliphatic carbocycles. The maximum absolute atomic E-state index is 12.7. The zero-order valence-electron chi connectivity index (χ0n) is 12.5. The lowest BCUT2D eigenvalue weighted by molar-refractivity contribution is 0.103. The van der Waals surface area contributed by atoms with Gasteiger partial charge in [0, 0.05) is 13.1 Å². The highest BCUT2D eigenvalue weighted by Crippen LogP contribution is 2.27. The summed E-state index contributed by atoms with van der Waals surface area (Å²) in [4.78, 5) is 28.1. The van der Waals surface area contributed by atoms with Gasteiger partial charge in [0.25, 0.3) is 0 Å². The first-order chi connectivity index (χ1) is 9.67. The third-order valence-corrected chi connectivity index (χ3v) is 4.03. The van der Waals surface area contributed by atoms with E-state index in [0.29, 0.717) is 13.2 Å². The molecule has 0 saturated carbocycles. The van der Waals surface area contributed by atoms with Crippen molar-refractivity contribution in [3.8, 4) is 0 Å². The molecule has 2 amide bonds. The van der Waals surface area contributed by atoms with E-state index in [0.717, 1.165) is 37.5 Å². The Labute approximate surface area is 120 Å². The molecule has 110 valence electrons. The van der Waals surface area contributed by atoms with Crippen molar-refractivity contribution in [1.82, 2.24) is 14.7 Å². The van der Waals surface area contributed by atoms with Gasteiger partial charge in [0.2, 0.25) is 0 Å². The zero-order valence-corrected chi connectivity index (χ0v) is 12.5. The predicted molar refractivity (Wildman–Crippen MR) is 79.1 cm³/mol. The Morgan fingerprint density at radius 3 is 2.70 bits per heavy atom. The molecule has 0 aromatic rings. The fraction of sp³-hybridized carbons (Fsp3) is 0.786. The van der Waals surface area contributed by atoms with Gasteiger partial charge in [0.05, 0.1) is 19.3 Å². The summed E-state index contributed by atoms with van der Waals surface area (Å²) in [6.07, 6.45) is 2.04. The first kappa shape index (κ1) is 13.5. The van der Waals surface area contributed by atoms with Gasteiger partial charge in [-0.05, 0) is 19.8 Å². The molecule has 0 N–H and O–H groups in total. The first-order valence-electron chi connectivity index (χ1n) is 7.62. The van der Waals surface area contributed by atoms with Gasteiger partial charge in [-0.15, -0.1) is 0 Å². The van der Waals surface area contributed by atoms with Crippen LogP contribution < -0.4 is 0 Å². The Balaban J connectivity index is 1.95. The molecule has 3 heterocycles. The van der Waals surface area contributed by atoms with Crippen molar-refractivity contribution in [1.29, 1.82) is 0 Å². The minimum atomic E-state index is 0.00250. The first-order valence-corrected chi connectivity index (χ1v) is 7.62. The number of carbonyl (C=O) groups is 1. The Morgan fingerprint density at radius 2 is 2.00 bits per heavy atom. The van der Waals surface area contributed by atoms with Gasteiger partial charge in [-0.1, -0.05) is 13.8 Å². The second-order valence-corrected chi connectivity index (χ2v) is 5.76. The number of fused-ring (bicyclic) bond motifs is 3. The van der Waals surface area contributed by atoms with Gasteiger partial charge in [0.1, 0.15) is 11.9 Å². The number of hydrogen-bond acceptors (Lipinski definition) is 4. The number of amidine groups is 1. The van der Waals surface area contributed by atoms with Crippen molar-refractivity contribution >= 4 is 17.6 Å². The molecule has 6 heteroatoms. The molecule has 0 spiro atoms. The summed E-state index contributed by atoms with van der Waals surface area (Å²) in [5.74, 6) is 0.818. The van der Waals surface area contributed by atoms with Crippen LogP contribution in [0, 0.1) is 0 Å². The molecule has 0 radical (unpaired) electrons. The van der Waals surface area contributed by atoms with Gasteiger partial charge in [0.15, 0.2) is 5.84 Å². The van der Waals surface area contributed by atoms with E-state index >= 15 is 0 Å². The molecule has 6 nitrogen and oxygen atoms in total. The molecule has 3 aliphatic heterocycles. The average Bonchev–Trinajstić information content (AvgIpc) is 2.99. The van der Waals surface area contributed by atoms with Crippen LogP contribution in [0.3, 0.4) is 0 Å². The molecule has 20 heavy (non-hydrogen) atoms. The normalized spacial score (nSPS) is 29.4. The van der Waals surface area contributed by atoms with E-state index in [1.165, 1.54) is 0 Å². The summed E-state index contributed by atoms with van der Waals surface area (Å²) in [5, 5.41) is 0. The fourth-order valence-corrected chi connectivity index (χ4v) is 3.27. The van der Waals surface area contributed by atoms with Crippen LogP contribution in [0.5, 0.6) is 0 Å². The zero-order chi connectivity index (χ0) is 14.3. The molecule has 3 aliphatic rings. The Hall–Kier alpha value is -1.43. The van der Waals surface area contributed by atoms with Gasteiger partial charge in [-0.2, -0.15) is 0 Å². The molecule has 2 atom stereocenters. The molecule has 0 aromatic heterocycles. The highest BCUT2D eigenvalue weighted by atomic mass is 16.2. The maximum Gasteiger partial charge on any atom is 0.327 e. The Morgan fingerprint density at radius 1 is 1.25 bits per heavy atom. The molecule has 1 fully saturated rings. The van der Waals surface area contributed by atoms with E-state index in [4.69, 9.17) is 0 Å². The SMILES string of the molecule is CCCN1CN=C2C3=NC(C)CN3C(=O)N(CCC)C21. The van der Waals surface area contributed by atoms with E-state index in [1.807, 2.05) is 9.80 Å². The Bertz CT molecular complexity index is 472. The lowest BCUT2D eigenvalue weighted by atomic mass is 10.1. The molecule has 0 aromatic carbocycles. The van der Waals surface area contributed by atoms with Crippen LogP contribution in [-0.4, -0.2) is 70.8 Å². The minimum absolute atomic E-state index is 0.00250. The second kappa shape index (κ2) is 5.16. The fourth-order valence-electron chi connectivity index (χ4n) is 3.27. The number of amides is 2. The van der Waals surface area contributed by atoms with Gasteiger partial charge in [-0.3, -0.25) is 19.8 Å². The lowest BCUT2D eigenvalue weighted by Gasteiger charge is -2.42. The van der Waals surface area contributed by atoms with Crippen LogP contribution in [0.4, 0.5) is 4.79 Å². The third kappa shape index (κ3) is 1.93.